The van der Waals surface area contributed by atoms with Gasteiger partial charge in [-0.15, -0.1) is 0 Å². The van der Waals surface area contributed by atoms with E-state index in [0.29, 0.717) is 27.5 Å². The molecule has 0 aliphatic heterocycles. The Labute approximate surface area is 183 Å². The Balaban J connectivity index is 1.62. The van der Waals surface area contributed by atoms with Gasteiger partial charge in [-0.2, -0.15) is 0 Å². The third-order valence-corrected chi connectivity index (χ3v) is 4.32. The zero-order valence-electron chi connectivity index (χ0n) is 16.6. The van der Waals surface area contributed by atoms with Crippen LogP contribution in [0.25, 0.3) is 0 Å². The predicted molar refractivity (Wildman–Crippen MR) is 118 cm³/mol. The van der Waals surface area contributed by atoms with E-state index in [9.17, 15) is 14.4 Å². The molecule has 0 fully saturated rings. The molecule has 0 spiro atoms. The summed E-state index contributed by atoms with van der Waals surface area (Å²) in [5.74, 6) is -0.386. The van der Waals surface area contributed by atoms with Crippen molar-refractivity contribution in [2.24, 2.45) is 0 Å². The number of carbonyl (C=O) groups excluding carboxylic acids is 3. The Morgan fingerprint density at radius 3 is 1.84 bits per heavy atom. The molecule has 0 heterocycles. The number of hydrogen-bond donors (Lipinski definition) is 2. The second-order valence-corrected chi connectivity index (χ2v) is 6.74. The van der Waals surface area contributed by atoms with Crippen LogP contribution in [0.5, 0.6) is 5.75 Å². The molecule has 31 heavy (non-hydrogen) atoms. The molecule has 3 rings (SSSR count). The van der Waals surface area contributed by atoms with Gasteiger partial charge in [0.2, 0.25) is 0 Å². The first kappa shape index (κ1) is 21.9. The maximum atomic E-state index is 12.5. The molecule has 2 amide bonds. The Morgan fingerprint density at radius 2 is 1.32 bits per heavy atom. The van der Waals surface area contributed by atoms with E-state index in [1.54, 1.807) is 55.5 Å². The predicted octanol–water partition coefficient (Wildman–Crippen LogP) is 5.38. The molecule has 2 N–H and O–H groups in total. The highest BCUT2D eigenvalue weighted by atomic mass is 35.5. The molecule has 0 aromatic heterocycles. The first-order valence-corrected chi connectivity index (χ1v) is 9.75. The molecule has 0 radical (unpaired) electrons. The van der Waals surface area contributed by atoms with Crippen LogP contribution in [0.15, 0.2) is 72.8 Å². The van der Waals surface area contributed by atoms with Crippen molar-refractivity contribution in [2.75, 3.05) is 17.2 Å². The lowest BCUT2D eigenvalue weighted by molar-refractivity contribution is 0.101. The number of amides is 2. The van der Waals surface area contributed by atoms with Gasteiger partial charge in [-0.3, -0.25) is 9.59 Å². The highest BCUT2D eigenvalue weighted by Crippen LogP contribution is 2.19. The van der Waals surface area contributed by atoms with Crippen molar-refractivity contribution >= 4 is 40.9 Å². The average Bonchev–Trinajstić information content (AvgIpc) is 2.75. The molecule has 0 unspecified atom stereocenters. The molecule has 0 aliphatic rings. The van der Waals surface area contributed by atoms with Crippen molar-refractivity contribution in [2.45, 2.75) is 6.92 Å². The van der Waals surface area contributed by atoms with Gasteiger partial charge >= 0.3 is 6.16 Å². The maximum absolute atomic E-state index is 12.5. The minimum absolute atomic E-state index is 0.207. The molecular formula is C23H19ClN2O5. The van der Waals surface area contributed by atoms with E-state index in [2.05, 4.69) is 10.6 Å². The van der Waals surface area contributed by atoms with Gasteiger partial charge in [0.05, 0.1) is 6.61 Å². The van der Waals surface area contributed by atoms with E-state index in [1.807, 2.05) is 0 Å². The van der Waals surface area contributed by atoms with Gasteiger partial charge < -0.3 is 20.1 Å². The number of benzene rings is 3. The topological polar surface area (TPSA) is 93.7 Å². The lowest BCUT2D eigenvalue weighted by Crippen LogP contribution is -2.14. The van der Waals surface area contributed by atoms with Crippen LogP contribution >= 0.6 is 11.6 Å². The van der Waals surface area contributed by atoms with Crippen LogP contribution in [-0.4, -0.2) is 24.6 Å². The highest BCUT2D eigenvalue weighted by molar-refractivity contribution is 6.30. The number of nitrogens with one attached hydrogen (secondary N) is 2. The number of halogens is 1. The number of carbonyl (C=O) groups is 3. The molecule has 158 valence electrons. The number of rotatable bonds is 6. The monoisotopic (exact) mass is 438 g/mol. The number of hydrogen-bond acceptors (Lipinski definition) is 5. The van der Waals surface area contributed by atoms with Crippen LogP contribution < -0.4 is 15.4 Å². The van der Waals surface area contributed by atoms with Crippen LogP contribution in [0.2, 0.25) is 5.02 Å². The zero-order valence-corrected chi connectivity index (χ0v) is 17.3. The number of ether oxygens (including phenoxy) is 2. The Hall–Kier alpha value is -3.84. The minimum Gasteiger partial charge on any atom is -0.434 e. The molecule has 0 bridgehead atoms. The molecule has 3 aromatic rings. The van der Waals surface area contributed by atoms with Crippen molar-refractivity contribution in [1.29, 1.82) is 0 Å². The summed E-state index contributed by atoms with van der Waals surface area (Å²) in [6, 6.07) is 19.3. The van der Waals surface area contributed by atoms with E-state index >= 15 is 0 Å². The standard InChI is InChI=1S/C23H19ClN2O5/c1-2-30-23(29)31-20-12-8-16(9-13-20)22(28)26-19-5-3-4-18(14-19)25-21(27)15-6-10-17(24)11-7-15/h3-14H,2H2,1H3,(H,25,27)(H,26,28). The molecule has 0 saturated heterocycles. The quantitative estimate of drug-likeness (QED) is 0.398. The van der Waals surface area contributed by atoms with Gasteiger partial charge in [-0.05, 0) is 73.7 Å². The summed E-state index contributed by atoms with van der Waals surface area (Å²) in [5.41, 5.74) is 1.86. The van der Waals surface area contributed by atoms with Crippen LogP contribution in [0.3, 0.4) is 0 Å². The van der Waals surface area contributed by atoms with Crippen molar-refractivity contribution in [3.63, 3.8) is 0 Å². The summed E-state index contributed by atoms with van der Waals surface area (Å²) in [5, 5.41) is 6.08. The first-order chi connectivity index (χ1) is 14.9. The van der Waals surface area contributed by atoms with Gasteiger partial charge in [0, 0.05) is 27.5 Å². The molecule has 0 aliphatic carbocycles. The smallest absolute Gasteiger partial charge is 0.434 e. The fourth-order valence-corrected chi connectivity index (χ4v) is 2.73. The lowest BCUT2D eigenvalue weighted by atomic mass is 10.2. The molecule has 0 saturated carbocycles. The maximum Gasteiger partial charge on any atom is 0.513 e. The fourth-order valence-electron chi connectivity index (χ4n) is 2.60. The second-order valence-electron chi connectivity index (χ2n) is 6.31. The Kier molecular flexibility index (Phi) is 7.24. The first-order valence-electron chi connectivity index (χ1n) is 9.37. The molecule has 0 atom stereocenters. The van der Waals surface area contributed by atoms with E-state index < -0.39 is 6.16 Å². The van der Waals surface area contributed by atoms with Gasteiger partial charge in [0.1, 0.15) is 5.75 Å². The second kappa shape index (κ2) is 10.3. The van der Waals surface area contributed by atoms with Crippen molar-refractivity contribution < 1.29 is 23.9 Å². The summed E-state index contributed by atoms with van der Waals surface area (Å²) in [6.45, 7) is 1.88. The Morgan fingerprint density at radius 1 is 0.806 bits per heavy atom. The summed E-state index contributed by atoms with van der Waals surface area (Å²) >= 11 is 5.84. The van der Waals surface area contributed by atoms with Crippen LogP contribution in [0.4, 0.5) is 16.2 Å². The molecule has 3 aromatic carbocycles. The third kappa shape index (κ3) is 6.32. The summed E-state index contributed by atoms with van der Waals surface area (Å²) in [7, 11) is 0. The fraction of sp³-hybridized carbons (Fsp3) is 0.0870. The normalized spacial score (nSPS) is 10.1. The summed E-state index contributed by atoms with van der Waals surface area (Å²) in [4.78, 5) is 36.2. The average molecular weight is 439 g/mol. The molecular weight excluding hydrogens is 420 g/mol. The van der Waals surface area contributed by atoms with E-state index in [-0.39, 0.29) is 24.2 Å². The zero-order chi connectivity index (χ0) is 22.2. The summed E-state index contributed by atoms with van der Waals surface area (Å²) < 4.78 is 9.66. The van der Waals surface area contributed by atoms with Gasteiger partial charge in [0.15, 0.2) is 0 Å². The van der Waals surface area contributed by atoms with Crippen LogP contribution in [0.1, 0.15) is 27.6 Å². The lowest BCUT2D eigenvalue weighted by Gasteiger charge is -2.10. The SMILES string of the molecule is CCOC(=O)Oc1ccc(C(=O)Nc2cccc(NC(=O)c3ccc(Cl)cc3)c2)cc1. The van der Waals surface area contributed by atoms with E-state index in [1.165, 1.54) is 24.3 Å². The van der Waals surface area contributed by atoms with Gasteiger partial charge in [-0.1, -0.05) is 17.7 Å². The molecule has 8 heteroatoms. The third-order valence-electron chi connectivity index (χ3n) is 4.06. The van der Waals surface area contributed by atoms with Crippen molar-refractivity contribution in [3.8, 4) is 5.75 Å². The largest absolute Gasteiger partial charge is 0.513 e. The van der Waals surface area contributed by atoms with Crippen LogP contribution in [-0.2, 0) is 4.74 Å². The highest BCUT2D eigenvalue weighted by Gasteiger charge is 2.10. The van der Waals surface area contributed by atoms with Crippen molar-refractivity contribution in [3.05, 3.63) is 88.9 Å². The van der Waals surface area contributed by atoms with Crippen LogP contribution in [0, 0.1) is 0 Å². The van der Waals surface area contributed by atoms with Gasteiger partial charge in [0.25, 0.3) is 11.8 Å². The number of anilines is 2. The van der Waals surface area contributed by atoms with Crippen molar-refractivity contribution in [1.82, 2.24) is 0 Å². The van der Waals surface area contributed by atoms with Gasteiger partial charge in [-0.25, -0.2) is 4.79 Å². The minimum atomic E-state index is -0.808. The van der Waals surface area contributed by atoms with E-state index in [0.717, 1.165) is 0 Å². The molecule has 7 nitrogen and oxygen atoms in total. The summed E-state index contributed by atoms with van der Waals surface area (Å²) in [6.07, 6.45) is -0.808. The Bertz CT molecular complexity index is 1080. The van der Waals surface area contributed by atoms with E-state index in [4.69, 9.17) is 21.1 Å².